The maximum atomic E-state index is 5.87. The van der Waals surface area contributed by atoms with Crippen LogP contribution in [-0.2, 0) is 6.54 Å². The predicted molar refractivity (Wildman–Crippen MR) is 88.8 cm³/mol. The number of ether oxygens (including phenoxy) is 2. The number of benzene rings is 2. The lowest BCUT2D eigenvalue weighted by Gasteiger charge is -2.14. The molecule has 0 spiro atoms. The van der Waals surface area contributed by atoms with Crippen molar-refractivity contribution in [2.45, 2.75) is 19.9 Å². The van der Waals surface area contributed by atoms with Crippen LogP contribution in [0.1, 0.15) is 17.5 Å². The highest BCUT2D eigenvalue weighted by Gasteiger charge is 2.07. The fraction of sp³-hybridized carbons (Fsp3) is 0.294. The summed E-state index contributed by atoms with van der Waals surface area (Å²) in [6, 6.07) is 13.8. The molecular weight excluding hydrogens is 330 g/mol. The lowest BCUT2D eigenvalue weighted by molar-refractivity contribution is 0.245. The first-order valence-corrected chi connectivity index (χ1v) is 7.79. The number of rotatable bonds is 7. The van der Waals surface area contributed by atoms with E-state index in [4.69, 9.17) is 15.2 Å². The van der Waals surface area contributed by atoms with Gasteiger partial charge in [-0.1, -0.05) is 34.1 Å². The second kappa shape index (κ2) is 8.05. The van der Waals surface area contributed by atoms with Gasteiger partial charge in [0.05, 0.1) is 13.2 Å². The zero-order valence-corrected chi connectivity index (χ0v) is 13.7. The summed E-state index contributed by atoms with van der Waals surface area (Å²) in [6.07, 6.45) is 0.828. The van der Waals surface area contributed by atoms with E-state index in [1.165, 1.54) is 0 Å². The normalized spacial score (nSPS) is 10.4. The number of hydrogen-bond acceptors (Lipinski definition) is 3. The van der Waals surface area contributed by atoms with Crippen molar-refractivity contribution < 1.29 is 9.47 Å². The second-order valence-corrected chi connectivity index (χ2v) is 5.69. The van der Waals surface area contributed by atoms with Gasteiger partial charge in [0.15, 0.2) is 0 Å². The Hall–Kier alpha value is -1.52. The average molecular weight is 350 g/mol. The molecule has 2 aromatic rings. The minimum absolute atomic E-state index is 0.468. The Morgan fingerprint density at radius 3 is 2.48 bits per heavy atom. The lowest BCUT2D eigenvalue weighted by atomic mass is 10.1. The van der Waals surface area contributed by atoms with Crippen LogP contribution in [0.3, 0.4) is 0 Å². The van der Waals surface area contributed by atoms with E-state index in [-0.39, 0.29) is 0 Å². The number of nitrogens with two attached hydrogens (primary N) is 1. The molecule has 3 nitrogen and oxygen atoms in total. The molecule has 0 saturated heterocycles. The molecule has 0 saturated carbocycles. The molecule has 0 aliphatic carbocycles. The molecule has 2 rings (SSSR count). The van der Waals surface area contributed by atoms with Crippen LogP contribution >= 0.6 is 15.9 Å². The molecule has 0 unspecified atom stereocenters. The minimum atomic E-state index is 0.468. The molecule has 21 heavy (non-hydrogen) atoms. The fourth-order valence-corrected chi connectivity index (χ4v) is 2.72. The summed E-state index contributed by atoms with van der Waals surface area (Å²) in [7, 11) is 0. The monoisotopic (exact) mass is 349 g/mol. The van der Waals surface area contributed by atoms with Crippen LogP contribution in [0.2, 0.25) is 0 Å². The molecule has 0 bridgehead atoms. The fourth-order valence-electron chi connectivity index (χ4n) is 2.10. The third kappa shape index (κ3) is 4.76. The second-order valence-electron chi connectivity index (χ2n) is 4.78. The molecular formula is C17H20BrNO2. The van der Waals surface area contributed by atoms with E-state index in [0.717, 1.165) is 33.5 Å². The Bertz CT molecular complexity index is 573. The van der Waals surface area contributed by atoms with Crippen molar-refractivity contribution in [2.75, 3.05) is 13.2 Å². The Morgan fingerprint density at radius 1 is 1.05 bits per heavy atom. The van der Waals surface area contributed by atoms with Gasteiger partial charge in [-0.05, 0) is 36.8 Å². The van der Waals surface area contributed by atoms with Crippen molar-refractivity contribution in [3.63, 3.8) is 0 Å². The van der Waals surface area contributed by atoms with Gasteiger partial charge in [-0.15, -0.1) is 0 Å². The molecule has 0 aliphatic rings. The summed E-state index contributed by atoms with van der Waals surface area (Å²) in [5.41, 5.74) is 7.88. The van der Waals surface area contributed by atoms with E-state index < -0.39 is 0 Å². The highest BCUT2D eigenvalue weighted by molar-refractivity contribution is 9.10. The summed E-state index contributed by atoms with van der Waals surface area (Å²) < 4.78 is 12.5. The summed E-state index contributed by atoms with van der Waals surface area (Å²) in [6.45, 7) is 3.75. The maximum Gasteiger partial charge on any atom is 0.126 e. The lowest BCUT2D eigenvalue weighted by Crippen LogP contribution is -2.08. The third-order valence-electron chi connectivity index (χ3n) is 3.08. The van der Waals surface area contributed by atoms with Crippen LogP contribution in [0.5, 0.6) is 11.5 Å². The molecule has 2 aromatic carbocycles. The highest BCUT2D eigenvalue weighted by atomic mass is 79.9. The predicted octanol–water partition coefficient (Wildman–Crippen LogP) is 4.06. The molecule has 0 aliphatic heterocycles. The van der Waals surface area contributed by atoms with E-state index in [2.05, 4.69) is 15.9 Å². The van der Waals surface area contributed by atoms with Crippen molar-refractivity contribution in [3.05, 3.63) is 58.1 Å². The summed E-state index contributed by atoms with van der Waals surface area (Å²) >= 11 is 3.48. The SMILES string of the molecule is Cc1cc(Br)cc(CN)c1OCCCOc1ccccc1. The Morgan fingerprint density at radius 2 is 1.76 bits per heavy atom. The first kappa shape index (κ1) is 15.9. The van der Waals surface area contributed by atoms with Gasteiger partial charge in [0, 0.05) is 23.0 Å². The first-order chi connectivity index (χ1) is 10.2. The van der Waals surface area contributed by atoms with E-state index in [1.54, 1.807) is 0 Å². The quantitative estimate of drug-likeness (QED) is 0.766. The Balaban J connectivity index is 1.81. The van der Waals surface area contributed by atoms with Crippen molar-refractivity contribution in [1.29, 1.82) is 0 Å². The molecule has 4 heteroatoms. The number of para-hydroxylation sites is 1. The van der Waals surface area contributed by atoms with Crippen molar-refractivity contribution in [1.82, 2.24) is 0 Å². The van der Waals surface area contributed by atoms with E-state index in [1.807, 2.05) is 49.4 Å². The van der Waals surface area contributed by atoms with Gasteiger partial charge >= 0.3 is 0 Å². The molecule has 0 fully saturated rings. The van der Waals surface area contributed by atoms with Gasteiger partial charge in [0.2, 0.25) is 0 Å². The van der Waals surface area contributed by atoms with Crippen LogP contribution in [0.4, 0.5) is 0 Å². The molecule has 0 atom stereocenters. The minimum Gasteiger partial charge on any atom is -0.493 e. The summed E-state index contributed by atoms with van der Waals surface area (Å²) in [5.74, 6) is 1.78. The topological polar surface area (TPSA) is 44.5 Å². The molecule has 2 N–H and O–H groups in total. The van der Waals surface area contributed by atoms with Crippen LogP contribution in [0, 0.1) is 6.92 Å². The molecule has 0 aromatic heterocycles. The van der Waals surface area contributed by atoms with Gasteiger partial charge in [-0.25, -0.2) is 0 Å². The average Bonchev–Trinajstić information content (AvgIpc) is 2.49. The van der Waals surface area contributed by atoms with Crippen molar-refractivity contribution in [2.24, 2.45) is 5.73 Å². The van der Waals surface area contributed by atoms with Gasteiger partial charge < -0.3 is 15.2 Å². The standard InChI is InChI=1S/C17H20BrNO2/c1-13-10-15(18)11-14(12-19)17(13)21-9-5-8-20-16-6-3-2-4-7-16/h2-4,6-7,10-11H,5,8-9,12,19H2,1H3. The summed E-state index contributed by atoms with van der Waals surface area (Å²) in [4.78, 5) is 0. The smallest absolute Gasteiger partial charge is 0.126 e. The third-order valence-corrected chi connectivity index (χ3v) is 3.54. The largest absolute Gasteiger partial charge is 0.493 e. The zero-order valence-electron chi connectivity index (χ0n) is 12.1. The van der Waals surface area contributed by atoms with Gasteiger partial charge in [0.25, 0.3) is 0 Å². The molecule has 0 amide bonds. The van der Waals surface area contributed by atoms with Crippen LogP contribution in [-0.4, -0.2) is 13.2 Å². The van der Waals surface area contributed by atoms with Gasteiger partial charge in [0.1, 0.15) is 11.5 Å². The van der Waals surface area contributed by atoms with Gasteiger partial charge in [-0.3, -0.25) is 0 Å². The van der Waals surface area contributed by atoms with Crippen LogP contribution in [0.15, 0.2) is 46.9 Å². The number of halogens is 1. The summed E-state index contributed by atoms with van der Waals surface area (Å²) in [5, 5.41) is 0. The van der Waals surface area contributed by atoms with E-state index in [0.29, 0.717) is 19.8 Å². The molecule has 0 heterocycles. The van der Waals surface area contributed by atoms with Gasteiger partial charge in [-0.2, -0.15) is 0 Å². The molecule has 112 valence electrons. The van der Waals surface area contributed by atoms with E-state index >= 15 is 0 Å². The van der Waals surface area contributed by atoms with Crippen molar-refractivity contribution >= 4 is 15.9 Å². The van der Waals surface area contributed by atoms with Crippen molar-refractivity contribution in [3.8, 4) is 11.5 Å². The first-order valence-electron chi connectivity index (χ1n) is 7.00. The molecule has 0 radical (unpaired) electrons. The Labute approximate surface area is 134 Å². The number of aryl methyl sites for hydroxylation is 1. The highest BCUT2D eigenvalue weighted by Crippen LogP contribution is 2.27. The zero-order chi connectivity index (χ0) is 15.1. The van der Waals surface area contributed by atoms with Crippen LogP contribution in [0.25, 0.3) is 0 Å². The Kier molecular flexibility index (Phi) is 6.08. The number of hydrogen-bond donors (Lipinski definition) is 1. The van der Waals surface area contributed by atoms with E-state index in [9.17, 15) is 0 Å². The van der Waals surface area contributed by atoms with Crippen LogP contribution < -0.4 is 15.2 Å². The maximum absolute atomic E-state index is 5.87.